The smallest absolute Gasteiger partial charge is 0.239 e. The maximum atomic E-state index is 10.5. The first-order valence-electron chi connectivity index (χ1n) is 2.94. The van der Waals surface area contributed by atoms with E-state index in [4.69, 9.17) is 11.6 Å². The number of hydrogen-bond donors (Lipinski definition) is 2. The summed E-state index contributed by atoms with van der Waals surface area (Å²) < 4.78 is 0. The molecule has 0 aromatic heterocycles. The molecule has 0 aromatic rings. The molecular formula is C5H9ClN2O. The summed E-state index contributed by atoms with van der Waals surface area (Å²) in [6, 6.07) is -0.180. The van der Waals surface area contributed by atoms with E-state index in [-0.39, 0.29) is 11.3 Å². The van der Waals surface area contributed by atoms with E-state index < -0.39 is 0 Å². The predicted molar refractivity (Wildman–Crippen MR) is 35.5 cm³/mol. The van der Waals surface area contributed by atoms with E-state index in [0.29, 0.717) is 6.54 Å². The van der Waals surface area contributed by atoms with Gasteiger partial charge in [-0.15, -0.1) is 0 Å². The SMILES string of the molecule is O=C(Cl)C1CNCCN1. The third-order valence-corrected chi connectivity index (χ3v) is 1.58. The average Bonchev–Trinajstić information content (AvgIpc) is 1.90. The molecule has 0 aromatic carbocycles. The van der Waals surface area contributed by atoms with Gasteiger partial charge in [-0.2, -0.15) is 0 Å². The Bertz CT molecular complexity index is 112. The van der Waals surface area contributed by atoms with Crippen molar-refractivity contribution in [3.63, 3.8) is 0 Å². The minimum Gasteiger partial charge on any atom is -0.313 e. The Labute approximate surface area is 58.8 Å². The van der Waals surface area contributed by atoms with Crippen molar-refractivity contribution in [3.8, 4) is 0 Å². The predicted octanol–water partition coefficient (Wildman–Crippen LogP) is -0.687. The lowest BCUT2D eigenvalue weighted by atomic mass is 10.3. The molecular weight excluding hydrogens is 140 g/mol. The highest BCUT2D eigenvalue weighted by atomic mass is 35.5. The normalized spacial score (nSPS) is 27.9. The molecule has 9 heavy (non-hydrogen) atoms. The highest BCUT2D eigenvalue weighted by Crippen LogP contribution is 1.91. The molecule has 1 saturated heterocycles. The van der Waals surface area contributed by atoms with Crippen LogP contribution in [0.1, 0.15) is 0 Å². The molecule has 1 heterocycles. The van der Waals surface area contributed by atoms with Crippen molar-refractivity contribution in [1.82, 2.24) is 10.6 Å². The van der Waals surface area contributed by atoms with Gasteiger partial charge in [0.25, 0.3) is 0 Å². The maximum absolute atomic E-state index is 10.5. The Balaban J connectivity index is 2.31. The largest absolute Gasteiger partial charge is 0.313 e. The number of rotatable bonds is 1. The van der Waals surface area contributed by atoms with Crippen LogP contribution in [0.4, 0.5) is 0 Å². The molecule has 1 aliphatic heterocycles. The number of carbonyl (C=O) groups excluding carboxylic acids is 1. The summed E-state index contributed by atoms with van der Waals surface area (Å²) in [5.41, 5.74) is 0. The molecule has 4 heteroatoms. The zero-order valence-electron chi connectivity index (χ0n) is 4.98. The number of hydrogen-bond acceptors (Lipinski definition) is 3. The molecule has 52 valence electrons. The van der Waals surface area contributed by atoms with Gasteiger partial charge in [-0.25, -0.2) is 0 Å². The second kappa shape index (κ2) is 3.15. The molecule has 1 aliphatic rings. The third-order valence-electron chi connectivity index (χ3n) is 1.31. The van der Waals surface area contributed by atoms with Gasteiger partial charge in [0.05, 0.1) is 6.04 Å². The standard InChI is InChI=1S/C5H9ClN2O/c6-5(9)4-3-7-1-2-8-4/h4,7-8H,1-3H2. The molecule has 1 atom stereocenters. The quantitative estimate of drug-likeness (QED) is 0.484. The van der Waals surface area contributed by atoms with Crippen LogP contribution >= 0.6 is 11.6 Å². The van der Waals surface area contributed by atoms with Crippen molar-refractivity contribution < 1.29 is 4.79 Å². The molecule has 3 nitrogen and oxygen atoms in total. The van der Waals surface area contributed by atoms with Crippen LogP contribution in [0.15, 0.2) is 0 Å². The molecule has 0 saturated carbocycles. The third kappa shape index (κ3) is 1.93. The molecule has 1 unspecified atom stereocenters. The summed E-state index contributed by atoms with van der Waals surface area (Å²) in [7, 11) is 0. The first-order chi connectivity index (χ1) is 4.30. The summed E-state index contributed by atoms with van der Waals surface area (Å²) in [4.78, 5) is 10.5. The Morgan fingerprint density at radius 3 is 2.67 bits per heavy atom. The summed E-state index contributed by atoms with van der Waals surface area (Å²) in [6.45, 7) is 2.39. The monoisotopic (exact) mass is 148 g/mol. The highest BCUT2D eigenvalue weighted by molar-refractivity contribution is 6.64. The van der Waals surface area contributed by atoms with E-state index >= 15 is 0 Å². The van der Waals surface area contributed by atoms with E-state index in [1.54, 1.807) is 0 Å². The zero-order chi connectivity index (χ0) is 6.69. The van der Waals surface area contributed by atoms with Crippen molar-refractivity contribution in [2.45, 2.75) is 6.04 Å². The Hall–Kier alpha value is -0.120. The average molecular weight is 149 g/mol. The first kappa shape index (κ1) is 6.99. The van der Waals surface area contributed by atoms with Crippen molar-refractivity contribution >= 4 is 16.8 Å². The molecule has 0 amide bonds. The van der Waals surface area contributed by atoms with Crippen LogP contribution in [0.2, 0.25) is 0 Å². The number of halogens is 1. The van der Waals surface area contributed by atoms with Crippen molar-refractivity contribution in [1.29, 1.82) is 0 Å². The van der Waals surface area contributed by atoms with Crippen molar-refractivity contribution in [2.24, 2.45) is 0 Å². The number of carbonyl (C=O) groups is 1. The van der Waals surface area contributed by atoms with E-state index in [1.807, 2.05) is 0 Å². The van der Waals surface area contributed by atoms with Gasteiger partial charge in [0.15, 0.2) is 0 Å². The minimum absolute atomic E-state index is 0.180. The van der Waals surface area contributed by atoms with Crippen molar-refractivity contribution in [2.75, 3.05) is 19.6 Å². The number of nitrogens with one attached hydrogen (secondary N) is 2. The van der Waals surface area contributed by atoms with Crippen LogP contribution in [0, 0.1) is 0 Å². The van der Waals surface area contributed by atoms with Crippen LogP contribution in [0.5, 0.6) is 0 Å². The van der Waals surface area contributed by atoms with Crippen LogP contribution in [-0.2, 0) is 4.79 Å². The van der Waals surface area contributed by atoms with Crippen LogP contribution in [-0.4, -0.2) is 30.9 Å². The maximum Gasteiger partial charge on any atom is 0.239 e. The van der Waals surface area contributed by atoms with Gasteiger partial charge < -0.3 is 10.6 Å². The molecule has 0 radical (unpaired) electrons. The van der Waals surface area contributed by atoms with E-state index in [2.05, 4.69) is 10.6 Å². The van der Waals surface area contributed by atoms with Gasteiger partial charge in [0.2, 0.25) is 5.24 Å². The second-order valence-corrected chi connectivity index (χ2v) is 2.39. The van der Waals surface area contributed by atoms with E-state index in [9.17, 15) is 4.79 Å². The van der Waals surface area contributed by atoms with Gasteiger partial charge in [0.1, 0.15) is 0 Å². The molecule has 0 bridgehead atoms. The Morgan fingerprint density at radius 2 is 2.33 bits per heavy atom. The number of piperazine rings is 1. The zero-order valence-corrected chi connectivity index (χ0v) is 5.74. The van der Waals surface area contributed by atoms with Crippen molar-refractivity contribution in [3.05, 3.63) is 0 Å². The summed E-state index contributed by atoms with van der Waals surface area (Å²) >= 11 is 5.22. The van der Waals surface area contributed by atoms with Crippen LogP contribution < -0.4 is 10.6 Å². The lowest BCUT2D eigenvalue weighted by Gasteiger charge is -2.20. The summed E-state index contributed by atoms with van der Waals surface area (Å²) in [5, 5.41) is 5.72. The van der Waals surface area contributed by atoms with Gasteiger partial charge >= 0.3 is 0 Å². The van der Waals surface area contributed by atoms with E-state index in [0.717, 1.165) is 13.1 Å². The van der Waals surface area contributed by atoms with Gasteiger partial charge in [-0.3, -0.25) is 4.79 Å². The van der Waals surface area contributed by atoms with Gasteiger partial charge in [-0.05, 0) is 11.6 Å². The minimum atomic E-state index is -0.304. The fraction of sp³-hybridized carbons (Fsp3) is 0.800. The van der Waals surface area contributed by atoms with Gasteiger partial charge in [-0.1, -0.05) is 0 Å². The van der Waals surface area contributed by atoms with E-state index in [1.165, 1.54) is 0 Å². The molecule has 0 aliphatic carbocycles. The summed E-state index contributed by atoms with van der Waals surface area (Å²) in [6.07, 6.45) is 0. The molecule has 2 N–H and O–H groups in total. The molecule has 1 rings (SSSR count). The first-order valence-corrected chi connectivity index (χ1v) is 3.32. The van der Waals surface area contributed by atoms with Gasteiger partial charge in [0, 0.05) is 19.6 Å². The fourth-order valence-corrected chi connectivity index (χ4v) is 0.968. The topological polar surface area (TPSA) is 41.1 Å². The fourth-order valence-electron chi connectivity index (χ4n) is 0.814. The Morgan fingerprint density at radius 1 is 1.56 bits per heavy atom. The highest BCUT2D eigenvalue weighted by Gasteiger charge is 2.17. The van der Waals surface area contributed by atoms with Crippen LogP contribution in [0.25, 0.3) is 0 Å². The lowest BCUT2D eigenvalue weighted by molar-refractivity contribution is -0.113. The molecule has 0 spiro atoms. The van der Waals surface area contributed by atoms with Crippen LogP contribution in [0.3, 0.4) is 0 Å². The second-order valence-electron chi connectivity index (χ2n) is 2.01. The lowest BCUT2D eigenvalue weighted by Crippen LogP contribution is -2.51. The molecule has 1 fully saturated rings. The Kier molecular flexibility index (Phi) is 2.45. The summed E-state index contributed by atoms with van der Waals surface area (Å²) in [5.74, 6) is 0.